The predicted molar refractivity (Wildman–Crippen MR) is 45.5 cm³/mol. The van der Waals surface area contributed by atoms with E-state index in [1.807, 2.05) is 0 Å². The molecule has 0 heterocycles. The van der Waals surface area contributed by atoms with Crippen molar-refractivity contribution >= 4 is 11.8 Å². The Morgan fingerprint density at radius 3 is 2.46 bits per heavy atom. The fourth-order valence-electron chi connectivity index (χ4n) is 0.805. The molecule has 0 aromatic heterocycles. The van der Waals surface area contributed by atoms with Gasteiger partial charge in [0.1, 0.15) is 5.82 Å². The van der Waals surface area contributed by atoms with Gasteiger partial charge in [-0.1, -0.05) is 0 Å². The Kier molecular flexibility index (Phi) is 2.81. The van der Waals surface area contributed by atoms with Crippen LogP contribution in [-0.4, -0.2) is 13.2 Å². The number of halogens is 1. The van der Waals surface area contributed by atoms with Gasteiger partial charge in [-0.2, -0.15) is 0 Å². The average molecular weight is 184 g/mol. The Labute approximate surface area is 74.7 Å². The number of methoxy groups -OCH3 is 1. The van der Waals surface area contributed by atoms with Crippen molar-refractivity contribution in [3.63, 3.8) is 0 Å². The van der Waals surface area contributed by atoms with E-state index in [0.717, 1.165) is 5.01 Å². The number of ether oxygens (including phenoxy) is 1. The van der Waals surface area contributed by atoms with Crippen LogP contribution in [-0.2, 0) is 4.74 Å². The molecule has 5 heteroatoms. The van der Waals surface area contributed by atoms with Crippen LogP contribution >= 0.6 is 0 Å². The Balaban J connectivity index is 2.83. The molecule has 0 unspecified atom stereocenters. The summed E-state index contributed by atoms with van der Waals surface area (Å²) in [4.78, 5) is 10.9. The minimum Gasteiger partial charge on any atom is -0.452 e. The van der Waals surface area contributed by atoms with Crippen LogP contribution in [0.5, 0.6) is 0 Å². The third-order valence-corrected chi connectivity index (χ3v) is 1.48. The van der Waals surface area contributed by atoms with Gasteiger partial charge in [0.25, 0.3) is 0 Å². The van der Waals surface area contributed by atoms with Crippen molar-refractivity contribution in [2.75, 3.05) is 12.1 Å². The molecule has 0 saturated heterocycles. The number of benzene rings is 1. The monoisotopic (exact) mass is 184 g/mol. The SMILES string of the molecule is COC(=O)N(N)c1ccc(F)cc1. The highest BCUT2D eigenvalue weighted by Crippen LogP contribution is 2.11. The Bertz CT molecular complexity index is 300. The summed E-state index contributed by atoms with van der Waals surface area (Å²) in [6.07, 6.45) is -0.702. The minimum atomic E-state index is -0.702. The first kappa shape index (κ1) is 9.47. The van der Waals surface area contributed by atoms with Crippen LogP contribution in [0.15, 0.2) is 24.3 Å². The standard InChI is InChI=1S/C8H9FN2O2/c1-13-8(12)11(10)7-4-2-6(9)3-5-7/h2-5H,10H2,1H3. The van der Waals surface area contributed by atoms with E-state index < -0.39 is 6.09 Å². The van der Waals surface area contributed by atoms with Gasteiger partial charge in [0, 0.05) is 0 Å². The summed E-state index contributed by atoms with van der Waals surface area (Å²) >= 11 is 0. The second-order valence-electron chi connectivity index (χ2n) is 2.32. The van der Waals surface area contributed by atoms with Crippen molar-refractivity contribution in [1.29, 1.82) is 0 Å². The number of hydrazine groups is 1. The Morgan fingerprint density at radius 2 is 2.00 bits per heavy atom. The normalized spacial score (nSPS) is 9.46. The average Bonchev–Trinajstić information content (AvgIpc) is 2.17. The van der Waals surface area contributed by atoms with Crippen LogP contribution < -0.4 is 10.9 Å². The lowest BCUT2D eigenvalue weighted by molar-refractivity contribution is 0.178. The van der Waals surface area contributed by atoms with Gasteiger partial charge in [0.15, 0.2) is 0 Å². The van der Waals surface area contributed by atoms with Crippen LogP contribution in [0.3, 0.4) is 0 Å². The van der Waals surface area contributed by atoms with E-state index in [9.17, 15) is 9.18 Å². The highest BCUT2D eigenvalue weighted by Gasteiger charge is 2.10. The molecule has 1 rings (SSSR count). The lowest BCUT2D eigenvalue weighted by Gasteiger charge is -2.14. The van der Waals surface area contributed by atoms with Crippen LogP contribution in [0, 0.1) is 5.82 Å². The van der Waals surface area contributed by atoms with Crippen LogP contribution in [0.25, 0.3) is 0 Å². The minimum absolute atomic E-state index is 0.369. The molecule has 0 fully saturated rings. The van der Waals surface area contributed by atoms with E-state index in [2.05, 4.69) is 4.74 Å². The molecule has 0 aliphatic heterocycles. The smallest absolute Gasteiger partial charge is 0.428 e. The predicted octanol–water partition coefficient (Wildman–Crippen LogP) is 1.27. The molecule has 4 nitrogen and oxygen atoms in total. The van der Waals surface area contributed by atoms with Crippen molar-refractivity contribution in [3.05, 3.63) is 30.1 Å². The lowest BCUT2D eigenvalue weighted by atomic mass is 10.3. The van der Waals surface area contributed by atoms with Gasteiger partial charge in [-0.05, 0) is 24.3 Å². The summed E-state index contributed by atoms with van der Waals surface area (Å²) in [6, 6.07) is 5.18. The Morgan fingerprint density at radius 1 is 1.46 bits per heavy atom. The maximum atomic E-state index is 12.5. The molecule has 0 radical (unpaired) electrons. The topological polar surface area (TPSA) is 55.6 Å². The van der Waals surface area contributed by atoms with Crippen molar-refractivity contribution in [1.82, 2.24) is 0 Å². The highest BCUT2D eigenvalue weighted by molar-refractivity contribution is 5.85. The first-order valence-electron chi connectivity index (χ1n) is 3.53. The molecular formula is C8H9FN2O2. The zero-order valence-corrected chi connectivity index (χ0v) is 7.03. The summed E-state index contributed by atoms with van der Waals surface area (Å²) in [6.45, 7) is 0. The van der Waals surface area contributed by atoms with Crippen LogP contribution in [0.2, 0.25) is 0 Å². The molecule has 1 aromatic rings. The van der Waals surface area contributed by atoms with E-state index in [4.69, 9.17) is 5.84 Å². The summed E-state index contributed by atoms with van der Waals surface area (Å²) in [5, 5.41) is 0.791. The lowest BCUT2D eigenvalue weighted by Crippen LogP contribution is -2.37. The van der Waals surface area contributed by atoms with Gasteiger partial charge >= 0.3 is 6.09 Å². The van der Waals surface area contributed by atoms with E-state index in [1.165, 1.54) is 31.4 Å². The molecule has 0 atom stereocenters. The van der Waals surface area contributed by atoms with Gasteiger partial charge in [0.2, 0.25) is 0 Å². The van der Waals surface area contributed by atoms with Crippen molar-refractivity contribution in [3.8, 4) is 0 Å². The number of anilines is 1. The first-order valence-corrected chi connectivity index (χ1v) is 3.53. The quantitative estimate of drug-likeness (QED) is 0.406. The number of carbonyl (C=O) groups excluding carboxylic acids is 1. The summed E-state index contributed by atoms with van der Waals surface area (Å²) < 4.78 is 16.8. The van der Waals surface area contributed by atoms with Gasteiger partial charge in [0.05, 0.1) is 12.8 Å². The molecule has 0 aliphatic rings. The highest BCUT2D eigenvalue weighted by atomic mass is 19.1. The molecule has 1 aromatic carbocycles. The van der Waals surface area contributed by atoms with Crippen molar-refractivity contribution < 1.29 is 13.9 Å². The number of hydrogen-bond acceptors (Lipinski definition) is 3. The van der Waals surface area contributed by atoms with E-state index in [0.29, 0.717) is 5.69 Å². The zero-order valence-electron chi connectivity index (χ0n) is 7.03. The van der Waals surface area contributed by atoms with Crippen molar-refractivity contribution in [2.24, 2.45) is 5.84 Å². The Hall–Kier alpha value is -1.62. The van der Waals surface area contributed by atoms with Gasteiger partial charge in [-0.25, -0.2) is 20.0 Å². The van der Waals surface area contributed by atoms with E-state index in [1.54, 1.807) is 0 Å². The van der Waals surface area contributed by atoms with Crippen LogP contribution in [0.1, 0.15) is 0 Å². The van der Waals surface area contributed by atoms with E-state index >= 15 is 0 Å². The first-order chi connectivity index (χ1) is 6.15. The molecule has 13 heavy (non-hydrogen) atoms. The maximum Gasteiger partial charge on any atom is 0.428 e. The molecule has 2 N–H and O–H groups in total. The fourth-order valence-corrected chi connectivity index (χ4v) is 0.805. The summed E-state index contributed by atoms with van der Waals surface area (Å²) in [5.41, 5.74) is 0.369. The molecule has 70 valence electrons. The molecule has 0 spiro atoms. The second-order valence-corrected chi connectivity index (χ2v) is 2.32. The number of rotatable bonds is 1. The maximum absolute atomic E-state index is 12.5. The summed E-state index contributed by atoms with van der Waals surface area (Å²) in [5.74, 6) is 4.95. The zero-order chi connectivity index (χ0) is 9.84. The third kappa shape index (κ3) is 2.16. The number of nitrogens with two attached hydrogens (primary N) is 1. The molecular weight excluding hydrogens is 175 g/mol. The second kappa shape index (κ2) is 3.86. The number of carbonyl (C=O) groups is 1. The number of nitrogens with zero attached hydrogens (tertiary/aromatic N) is 1. The molecule has 0 saturated carbocycles. The summed E-state index contributed by atoms with van der Waals surface area (Å²) in [7, 11) is 1.21. The van der Waals surface area contributed by atoms with Gasteiger partial charge < -0.3 is 4.74 Å². The molecule has 0 bridgehead atoms. The largest absolute Gasteiger partial charge is 0.452 e. The molecule has 0 aliphatic carbocycles. The van der Waals surface area contributed by atoms with Gasteiger partial charge in [-0.15, -0.1) is 0 Å². The number of hydrogen-bond donors (Lipinski definition) is 1. The fraction of sp³-hybridized carbons (Fsp3) is 0.125. The van der Waals surface area contributed by atoms with Crippen molar-refractivity contribution in [2.45, 2.75) is 0 Å². The van der Waals surface area contributed by atoms with Crippen LogP contribution in [0.4, 0.5) is 14.9 Å². The third-order valence-electron chi connectivity index (χ3n) is 1.48. The van der Waals surface area contributed by atoms with E-state index in [-0.39, 0.29) is 5.82 Å². The number of amides is 1. The van der Waals surface area contributed by atoms with Gasteiger partial charge in [-0.3, -0.25) is 0 Å². The molecule has 1 amide bonds.